The SMILES string of the molecule is CCCOc1ccc(OCCOC(=O)c2ccc(NC(=O)CC#N)cc2)cc1. The van der Waals surface area contributed by atoms with Crippen molar-refractivity contribution in [3.8, 4) is 17.6 Å². The van der Waals surface area contributed by atoms with E-state index in [9.17, 15) is 9.59 Å². The third kappa shape index (κ3) is 7.00. The zero-order chi connectivity index (χ0) is 20.2. The monoisotopic (exact) mass is 382 g/mol. The maximum atomic E-state index is 12.0. The van der Waals surface area contributed by atoms with Crippen LogP contribution in [0.3, 0.4) is 0 Å². The molecule has 0 unspecified atom stereocenters. The Balaban J connectivity index is 1.72. The van der Waals surface area contributed by atoms with Gasteiger partial charge in [0, 0.05) is 5.69 Å². The summed E-state index contributed by atoms with van der Waals surface area (Å²) in [4.78, 5) is 23.4. The second-order valence-corrected chi connectivity index (χ2v) is 5.76. The second-order valence-electron chi connectivity index (χ2n) is 5.76. The summed E-state index contributed by atoms with van der Waals surface area (Å²) in [6.45, 7) is 3.04. The Hall–Kier alpha value is -3.53. The number of hydrogen-bond acceptors (Lipinski definition) is 6. The summed E-state index contributed by atoms with van der Waals surface area (Å²) < 4.78 is 16.2. The van der Waals surface area contributed by atoms with Gasteiger partial charge in [0.2, 0.25) is 5.91 Å². The fourth-order valence-electron chi connectivity index (χ4n) is 2.20. The standard InChI is InChI=1S/C21H22N2O5/c1-2-13-26-18-7-9-19(10-8-18)27-14-15-28-21(25)16-3-5-17(6-4-16)23-20(24)11-12-22/h3-10H,2,11,13-15H2,1H3,(H,23,24). The maximum Gasteiger partial charge on any atom is 0.338 e. The highest BCUT2D eigenvalue weighted by molar-refractivity contribution is 5.93. The Bertz CT molecular complexity index is 810. The Morgan fingerprint density at radius 3 is 2.11 bits per heavy atom. The number of nitriles is 1. The van der Waals surface area contributed by atoms with Gasteiger partial charge in [0.25, 0.3) is 0 Å². The topological polar surface area (TPSA) is 97.7 Å². The van der Waals surface area contributed by atoms with Crippen LogP contribution in [0, 0.1) is 11.3 Å². The van der Waals surface area contributed by atoms with Gasteiger partial charge in [-0.3, -0.25) is 4.79 Å². The molecule has 7 heteroatoms. The molecule has 7 nitrogen and oxygen atoms in total. The average Bonchev–Trinajstić information content (AvgIpc) is 2.71. The van der Waals surface area contributed by atoms with Crippen molar-refractivity contribution in [3.63, 3.8) is 0 Å². The molecule has 0 heterocycles. The summed E-state index contributed by atoms with van der Waals surface area (Å²) in [7, 11) is 0. The van der Waals surface area contributed by atoms with Crippen LogP contribution in [-0.4, -0.2) is 31.7 Å². The number of anilines is 1. The highest BCUT2D eigenvalue weighted by Gasteiger charge is 2.08. The highest BCUT2D eigenvalue weighted by Crippen LogP contribution is 2.17. The largest absolute Gasteiger partial charge is 0.494 e. The van der Waals surface area contributed by atoms with E-state index < -0.39 is 11.9 Å². The van der Waals surface area contributed by atoms with Gasteiger partial charge in [-0.25, -0.2) is 4.79 Å². The minimum Gasteiger partial charge on any atom is -0.494 e. The number of nitrogens with zero attached hydrogens (tertiary/aromatic N) is 1. The van der Waals surface area contributed by atoms with E-state index in [0.29, 0.717) is 23.6 Å². The van der Waals surface area contributed by atoms with Crippen LogP contribution in [0.5, 0.6) is 11.5 Å². The normalized spacial score (nSPS) is 9.86. The van der Waals surface area contributed by atoms with E-state index in [-0.39, 0.29) is 19.6 Å². The minimum atomic E-state index is -0.484. The van der Waals surface area contributed by atoms with E-state index in [1.807, 2.05) is 19.1 Å². The first-order valence-electron chi connectivity index (χ1n) is 8.92. The van der Waals surface area contributed by atoms with Crippen LogP contribution in [0.4, 0.5) is 5.69 Å². The van der Waals surface area contributed by atoms with Crippen molar-refractivity contribution in [2.24, 2.45) is 0 Å². The molecule has 0 radical (unpaired) electrons. The lowest BCUT2D eigenvalue weighted by molar-refractivity contribution is -0.115. The molecule has 0 saturated carbocycles. The van der Waals surface area contributed by atoms with Crippen LogP contribution in [0.25, 0.3) is 0 Å². The maximum absolute atomic E-state index is 12.0. The van der Waals surface area contributed by atoms with E-state index >= 15 is 0 Å². The molecule has 2 rings (SSSR count). The molecule has 2 aromatic carbocycles. The summed E-state index contributed by atoms with van der Waals surface area (Å²) in [5.74, 6) is 0.562. The number of hydrogen-bond donors (Lipinski definition) is 1. The molecule has 0 bridgehead atoms. The van der Waals surface area contributed by atoms with E-state index in [2.05, 4.69) is 5.32 Å². The Morgan fingerprint density at radius 2 is 1.54 bits per heavy atom. The Kier molecular flexibility index (Phi) is 8.34. The molecule has 0 aliphatic heterocycles. The predicted octanol–water partition coefficient (Wildman–Crippen LogP) is 3.56. The lowest BCUT2D eigenvalue weighted by Crippen LogP contribution is -2.13. The van der Waals surface area contributed by atoms with Crippen LogP contribution in [0.1, 0.15) is 30.1 Å². The van der Waals surface area contributed by atoms with Crippen LogP contribution in [0.2, 0.25) is 0 Å². The molecule has 0 aliphatic carbocycles. The minimum absolute atomic E-state index is 0.105. The fraction of sp³-hybridized carbons (Fsp3) is 0.286. The predicted molar refractivity (Wildman–Crippen MR) is 103 cm³/mol. The van der Waals surface area contributed by atoms with Gasteiger partial charge in [-0.1, -0.05) is 6.92 Å². The van der Waals surface area contributed by atoms with Gasteiger partial charge < -0.3 is 19.5 Å². The van der Waals surface area contributed by atoms with Gasteiger partial charge in [-0.15, -0.1) is 0 Å². The third-order valence-corrected chi connectivity index (χ3v) is 3.53. The van der Waals surface area contributed by atoms with E-state index in [4.69, 9.17) is 19.5 Å². The van der Waals surface area contributed by atoms with Crippen molar-refractivity contribution in [3.05, 3.63) is 54.1 Å². The molecule has 0 spiro atoms. The van der Waals surface area contributed by atoms with E-state index in [1.54, 1.807) is 42.5 Å². The van der Waals surface area contributed by atoms with E-state index in [1.165, 1.54) is 0 Å². The molecular formula is C21H22N2O5. The third-order valence-electron chi connectivity index (χ3n) is 3.53. The van der Waals surface area contributed by atoms with Crippen molar-refractivity contribution in [2.75, 3.05) is 25.1 Å². The molecule has 0 atom stereocenters. The fourth-order valence-corrected chi connectivity index (χ4v) is 2.20. The van der Waals surface area contributed by atoms with Crippen LogP contribution in [0.15, 0.2) is 48.5 Å². The summed E-state index contributed by atoms with van der Waals surface area (Å²) in [6.07, 6.45) is 0.723. The van der Waals surface area contributed by atoms with Crippen molar-refractivity contribution < 1.29 is 23.8 Å². The number of benzene rings is 2. The molecular weight excluding hydrogens is 360 g/mol. The first-order chi connectivity index (χ1) is 13.6. The van der Waals surface area contributed by atoms with Gasteiger partial charge in [0.1, 0.15) is 31.1 Å². The number of amides is 1. The quantitative estimate of drug-likeness (QED) is 0.498. The average molecular weight is 382 g/mol. The number of esters is 1. The molecule has 0 saturated heterocycles. The summed E-state index contributed by atoms with van der Waals surface area (Å²) >= 11 is 0. The van der Waals surface area contributed by atoms with Gasteiger partial charge in [-0.05, 0) is 55.0 Å². The van der Waals surface area contributed by atoms with Gasteiger partial charge in [0.05, 0.1) is 18.2 Å². The van der Waals surface area contributed by atoms with Crippen molar-refractivity contribution in [2.45, 2.75) is 19.8 Å². The number of carbonyl (C=O) groups excluding carboxylic acids is 2. The summed E-state index contributed by atoms with van der Waals surface area (Å²) in [5.41, 5.74) is 0.863. The molecule has 1 amide bonds. The van der Waals surface area contributed by atoms with Gasteiger partial charge in [0.15, 0.2) is 0 Å². The second kappa shape index (κ2) is 11.2. The van der Waals surface area contributed by atoms with Crippen molar-refractivity contribution in [1.82, 2.24) is 0 Å². The molecule has 146 valence electrons. The highest BCUT2D eigenvalue weighted by atomic mass is 16.6. The number of rotatable bonds is 10. The summed E-state index contributed by atoms with van der Waals surface area (Å²) in [5, 5.41) is 11.0. The lowest BCUT2D eigenvalue weighted by atomic mass is 10.2. The molecule has 0 aliphatic rings. The van der Waals surface area contributed by atoms with Crippen LogP contribution in [-0.2, 0) is 9.53 Å². The number of ether oxygens (including phenoxy) is 3. The number of nitrogens with one attached hydrogen (secondary N) is 1. The summed E-state index contributed by atoms with van der Waals surface area (Å²) in [6, 6.07) is 15.2. The van der Waals surface area contributed by atoms with Crippen molar-refractivity contribution in [1.29, 1.82) is 5.26 Å². The van der Waals surface area contributed by atoms with Crippen molar-refractivity contribution >= 4 is 17.6 Å². The van der Waals surface area contributed by atoms with Crippen LogP contribution < -0.4 is 14.8 Å². The van der Waals surface area contributed by atoms with Gasteiger partial charge >= 0.3 is 5.97 Å². The molecule has 2 aromatic rings. The Labute approximate surface area is 163 Å². The zero-order valence-electron chi connectivity index (χ0n) is 15.6. The van der Waals surface area contributed by atoms with Crippen LogP contribution >= 0.6 is 0 Å². The molecule has 0 aromatic heterocycles. The van der Waals surface area contributed by atoms with E-state index in [0.717, 1.165) is 12.2 Å². The lowest BCUT2D eigenvalue weighted by Gasteiger charge is -2.09. The first kappa shape index (κ1) is 20.8. The molecule has 28 heavy (non-hydrogen) atoms. The molecule has 0 fully saturated rings. The smallest absolute Gasteiger partial charge is 0.338 e. The first-order valence-corrected chi connectivity index (χ1v) is 8.92. The molecule has 1 N–H and O–H groups in total. The number of carbonyl (C=O) groups is 2. The van der Waals surface area contributed by atoms with Gasteiger partial charge in [-0.2, -0.15) is 5.26 Å². The zero-order valence-corrected chi connectivity index (χ0v) is 15.6. The Morgan fingerprint density at radius 1 is 0.929 bits per heavy atom.